The Morgan fingerprint density at radius 3 is 2.72 bits per heavy atom. The smallest absolute Gasteiger partial charge is 0.242 e. The number of nitrogen functional groups attached to an aromatic ring is 1. The Morgan fingerprint density at radius 2 is 2.00 bits per heavy atom. The lowest BCUT2D eigenvalue weighted by Crippen LogP contribution is -2.09. The van der Waals surface area contributed by atoms with Crippen LogP contribution in [0.3, 0.4) is 0 Å². The molecule has 0 saturated heterocycles. The van der Waals surface area contributed by atoms with Gasteiger partial charge in [-0.3, -0.25) is 0 Å². The molecular weight excluding hydrogens is 228 g/mol. The van der Waals surface area contributed by atoms with Gasteiger partial charge in [0.05, 0.1) is 6.61 Å². The topological polar surface area (TPSA) is 73.1 Å². The summed E-state index contributed by atoms with van der Waals surface area (Å²) in [7, 11) is 0. The molecule has 1 rings (SSSR count). The van der Waals surface area contributed by atoms with Crippen LogP contribution in [-0.2, 0) is 0 Å². The fourth-order valence-electron chi connectivity index (χ4n) is 1.59. The van der Waals surface area contributed by atoms with Crippen LogP contribution < -0.4 is 15.8 Å². The number of anilines is 2. The zero-order valence-corrected chi connectivity index (χ0v) is 11.4. The lowest BCUT2D eigenvalue weighted by atomic mass is 10.2. The summed E-state index contributed by atoms with van der Waals surface area (Å²) in [5.74, 6) is 1.15. The third kappa shape index (κ3) is 4.77. The zero-order valence-electron chi connectivity index (χ0n) is 11.4. The van der Waals surface area contributed by atoms with E-state index in [1.165, 1.54) is 25.6 Å². The molecule has 0 spiro atoms. The molecule has 5 nitrogen and oxygen atoms in total. The van der Waals surface area contributed by atoms with Gasteiger partial charge in [-0.05, 0) is 12.8 Å². The van der Waals surface area contributed by atoms with Gasteiger partial charge in [0.15, 0.2) is 5.82 Å². The molecule has 1 heterocycles. The third-order valence-corrected chi connectivity index (χ3v) is 2.61. The van der Waals surface area contributed by atoms with Gasteiger partial charge in [-0.2, -0.15) is 4.98 Å². The van der Waals surface area contributed by atoms with Crippen molar-refractivity contribution in [3.05, 3.63) is 6.33 Å². The molecule has 1 aromatic rings. The summed E-state index contributed by atoms with van der Waals surface area (Å²) in [6.45, 7) is 5.75. The van der Waals surface area contributed by atoms with Crippen molar-refractivity contribution in [2.24, 2.45) is 0 Å². The van der Waals surface area contributed by atoms with Crippen molar-refractivity contribution in [1.29, 1.82) is 0 Å². The van der Waals surface area contributed by atoms with Crippen LogP contribution in [0.5, 0.6) is 5.88 Å². The zero-order chi connectivity index (χ0) is 13.2. The molecule has 1 aromatic heterocycles. The van der Waals surface area contributed by atoms with Gasteiger partial charge in [0.2, 0.25) is 5.88 Å². The molecule has 3 N–H and O–H groups in total. The SMILES string of the molecule is CCCCCCNc1ncnc(OCCC)c1N. The molecule has 0 atom stereocenters. The van der Waals surface area contributed by atoms with E-state index in [-0.39, 0.29) is 0 Å². The molecule has 5 heteroatoms. The molecule has 0 aliphatic carbocycles. The van der Waals surface area contributed by atoms with Gasteiger partial charge < -0.3 is 15.8 Å². The fraction of sp³-hybridized carbons (Fsp3) is 0.692. The molecule has 0 radical (unpaired) electrons. The summed E-state index contributed by atoms with van der Waals surface area (Å²) >= 11 is 0. The molecule has 0 saturated carbocycles. The maximum Gasteiger partial charge on any atom is 0.242 e. The van der Waals surface area contributed by atoms with Gasteiger partial charge in [-0.15, -0.1) is 0 Å². The van der Waals surface area contributed by atoms with E-state index in [0.29, 0.717) is 24.0 Å². The average molecular weight is 252 g/mol. The Hall–Kier alpha value is -1.52. The number of hydrogen-bond acceptors (Lipinski definition) is 5. The minimum atomic E-state index is 0.475. The maximum atomic E-state index is 5.95. The van der Waals surface area contributed by atoms with E-state index in [1.807, 2.05) is 6.92 Å². The summed E-state index contributed by atoms with van der Waals surface area (Å²) in [4.78, 5) is 8.17. The predicted molar refractivity (Wildman–Crippen MR) is 74.9 cm³/mol. The third-order valence-electron chi connectivity index (χ3n) is 2.61. The normalized spacial score (nSPS) is 10.3. The van der Waals surface area contributed by atoms with E-state index in [2.05, 4.69) is 22.2 Å². The van der Waals surface area contributed by atoms with Crippen LogP contribution in [0.15, 0.2) is 6.33 Å². The van der Waals surface area contributed by atoms with E-state index in [0.717, 1.165) is 19.4 Å². The van der Waals surface area contributed by atoms with Crippen LogP contribution in [0.1, 0.15) is 46.0 Å². The molecule has 0 aromatic carbocycles. The average Bonchev–Trinajstić information content (AvgIpc) is 2.39. The molecule has 0 bridgehead atoms. The van der Waals surface area contributed by atoms with Crippen LogP contribution >= 0.6 is 0 Å². The van der Waals surface area contributed by atoms with Gasteiger partial charge in [0.25, 0.3) is 0 Å². The second-order valence-electron chi connectivity index (χ2n) is 4.28. The highest BCUT2D eigenvalue weighted by molar-refractivity contribution is 5.66. The van der Waals surface area contributed by atoms with Gasteiger partial charge in [0.1, 0.15) is 12.0 Å². The Kier molecular flexibility index (Phi) is 6.91. The van der Waals surface area contributed by atoms with Gasteiger partial charge in [-0.25, -0.2) is 4.98 Å². The van der Waals surface area contributed by atoms with E-state index in [9.17, 15) is 0 Å². The molecule has 0 fully saturated rings. The summed E-state index contributed by atoms with van der Waals surface area (Å²) in [5.41, 5.74) is 6.45. The van der Waals surface area contributed by atoms with Crippen LogP contribution in [0, 0.1) is 0 Å². The fourth-order valence-corrected chi connectivity index (χ4v) is 1.59. The number of hydrogen-bond donors (Lipinski definition) is 2. The number of ether oxygens (including phenoxy) is 1. The van der Waals surface area contributed by atoms with Crippen LogP contribution in [-0.4, -0.2) is 23.1 Å². The molecule has 0 unspecified atom stereocenters. The van der Waals surface area contributed by atoms with Crippen molar-refractivity contribution in [1.82, 2.24) is 9.97 Å². The molecule has 18 heavy (non-hydrogen) atoms. The van der Waals surface area contributed by atoms with E-state index in [4.69, 9.17) is 10.5 Å². The Bertz CT molecular complexity index is 344. The van der Waals surface area contributed by atoms with E-state index in [1.54, 1.807) is 0 Å². The minimum absolute atomic E-state index is 0.475. The predicted octanol–water partition coefficient (Wildman–Crippen LogP) is 2.84. The van der Waals surface area contributed by atoms with Crippen molar-refractivity contribution in [2.45, 2.75) is 46.0 Å². The van der Waals surface area contributed by atoms with Crippen molar-refractivity contribution in [3.8, 4) is 5.88 Å². The van der Waals surface area contributed by atoms with Gasteiger partial charge >= 0.3 is 0 Å². The Labute approximate surface area is 109 Å². The number of aromatic nitrogens is 2. The Morgan fingerprint density at radius 1 is 1.17 bits per heavy atom. The van der Waals surface area contributed by atoms with E-state index < -0.39 is 0 Å². The van der Waals surface area contributed by atoms with Gasteiger partial charge in [0, 0.05) is 6.54 Å². The number of rotatable bonds is 9. The van der Waals surface area contributed by atoms with Crippen LogP contribution in [0.25, 0.3) is 0 Å². The van der Waals surface area contributed by atoms with E-state index >= 15 is 0 Å². The summed E-state index contributed by atoms with van der Waals surface area (Å²) < 4.78 is 5.46. The highest BCUT2D eigenvalue weighted by Gasteiger charge is 2.08. The quantitative estimate of drug-likeness (QED) is 0.661. The largest absolute Gasteiger partial charge is 0.476 e. The molecule has 0 aliphatic rings. The van der Waals surface area contributed by atoms with Crippen molar-refractivity contribution < 1.29 is 4.74 Å². The van der Waals surface area contributed by atoms with Gasteiger partial charge in [-0.1, -0.05) is 33.1 Å². The standard InChI is InChI=1S/C13H24N4O/c1-3-5-6-7-8-15-12-11(14)13(17-10-16-12)18-9-4-2/h10H,3-9,14H2,1-2H3,(H,15,16,17). The highest BCUT2D eigenvalue weighted by Crippen LogP contribution is 2.24. The second kappa shape index (κ2) is 8.55. The molecule has 0 aliphatic heterocycles. The van der Waals surface area contributed by atoms with Crippen molar-refractivity contribution in [3.63, 3.8) is 0 Å². The van der Waals surface area contributed by atoms with Crippen molar-refractivity contribution in [2.75, 3.05) is 24.2 Å². The van der Waals surface area contributed by atoms with Crippen LogP contribution in [0.2, 0.25) is 0 Å². The molecular formula is C13H24N4O. The first-order chi connectivity index (χ1) is 8.79. The second-order valence-corrected chi connectivity index (χ2v) is 4.28. The first-order valence-corrected chi connectivity index (χ1v) is 6.76. The summed E-state index contributed by atoms with van der Waals surface area (Å²) in [6, 6.07) is 0. The number of nitrogens with zero attached hydrogens (tertiary/aromatic N) is 2. The monoisotopic (exact) mass is 252 g/mol. The lowest BCUT2D eigenvalue weighted by molar-refractivity contribution is 0.306. The number of nitrogens with two attached hydrogens (primary N) is 1. The van der Waals surface area contributed by atoms with Crippen LogP contribution in [0.4, 0.5) is 11.5 Å². The maximum absolute atomic E-state index is 5.95. The summed E-state index contributed by atoms with van der Waals surface area (Å²) in [6.07, 6.45) is 7.28. The first kappa shape index (κ1) is 14.5. The minimum Gasteiger partial charge on any atom is -0.476 e. The lowest BCUT2D eigenvalue weighted by Gasteiger charge is -2.11. The molecule has 102 valence electrons. The number of unbranched alkanes of at least 4 members (excludes halogenated alkanes) is 3. The first-order valence-electron chi connectivity index (χ1n) is 6.76. The molecule has 0 amide bonds. The Balaban J connectivity index is 2.44. The number of nitrogens with one attached hydrogen (secondary N) is 1. The highest BCUT2D eigenvalue weighted by atomic mass is 16.5. The van der Waals surface area contributed by atoms with Crippen molar-refractivity contribution >= 4 is 11.5 Å². The summed E-state index contributed by atoms with van der Waals surface area (Å²) in [5, 5.41) is 3.23.